The number of carbonyl (C=O) groups excluding carboxylic acids is 2. The van der Waals surface area contributed by atoms with Crippen molar-refractivity contribution in [2.24, 2.45) is 0 Å². The summed E-state index contributed by atoms with van der Waals surface area (Å²) in [6.45, 7) is 0.561. The minimum atomic E-state index is -0.911. The van der Waals surface area contributed by atoms with E-state index in [1.807, 2.05) is 0 Å². The van der Waals surface area contributed by atoms with Crippen LogP contribution in [0, 0.1) is 0 Å². The number of hydrogen-bond acceptors (Lipinski definition) is 6. The van der Waals surface area contributed by atoms with Crippen molar-refractivity contribution in [1.29, 1.82) is 0 Å². The third kappa shape index (κ3) is 3.38. The van der Waals surface area contributed by atoms with Crippen molar-refractivity contribution in [1.82, 2.24) is 0 Å². The highest BCUT2D eigenvalue weighted by Gasteiger charge is 2.47. The van der Waals surface area contributed by atoms with E-state index in [4.69, 9.17) is 9.47 Å². The monoisotopic (exact) mass is 443 g/mol. The first kappa shape index (κ1) is 20.6. The Bertz CT molecular complexity index is 1290. The number of amides is 1. The summed E-state index contributed by atoms with van der Waals surface area (Å²) in [5.74, 6) is -0.629. The number of hydrogen-bond donors (Lipinski definition) is 2. The molecule has 1 amide bonds. The quantitative estimate of drug-likeness (QED) is 0.360. The molecule has 1 unspecified atom stereocenters. The molecule has 3 aromatic carbocycles. The Morgan fingerprint density at radius 2 is 1.82 bits per heavy atom. The molecule has 0 aromatic heterocycles. The SMILES string of the molecule is COc1ccccc1N1C(=O)C(=O)/C(=C(\O)c2ccc3c(c2)CCO3)C1c1ccc(O)cc1. The summed E-state index contributed by atoms with van der Waals surface area (Å²) in [4.78, 5) is 27.9. The van der Waals surface area contributed by atoms with E-state index in [1.165, 1.54) is 24.1 Å². The number of aromatic hydroxyl groups is 1. The summed E-state index contributed by atoms with van der Waals surface area (Å²) in [6.07, 6.45) is 0.702. The molecule has 2 aliphatic heterocycles. The Labute approximate surface area is 190 Å². The van der Waals surface area contributed by atoms with Gasteiger partial charge in [0.1, 0.15) is 23.0 Å². The lowest BCUT2D eigenvalue weighted by atomic mass is 9.94. The molecule has 1 atom stereocenters. The largest absolute Gasteiger partial charge is 0.508 e. The first-order chi connectivity index (χ1) is 16.0. The van der Waals surface area contributed by atoms with Gasteiger partial charge >= 0.3 is 0 Å². The molecule has 2 heterocycles. The fourth-order valence-corrected chi connectivity index (χ4v) is 4.37. The molecule has 33 heavy (non-hydrogen) atoms. The fraction of sp³-hybridized carbons (Fsp3) is 0.154. The number of phenolic OH excluding ortho intramolecular Hbond substituents is 1. The Morgan fingerprint density at radius 3 is 2.58 bits per heavy atom. The van der Waals surface area contributed by atoms with E-state index < -0.39 is 17.7 Å². The number of nitrogens with zero attached hydrogens (tertiary/aromatic N) is 1. The van der Waals surface area contributed by atoms with Crippen LogP contribution in [-0.4, -0.2) is 35.6 Å². The van der Waals surface area contributed by atoms with Gasteiger partial charge < -0.3 is 19.7 Å². The standard InChI is InChI=1S/C26H21NO6/c1-32-21-5-3-2-4-19(21)27-23(15-6-9-18(28)10-7-15)22(25(30)26(27)31)24(29)17-8-11-20-16(14-17)12-13-33-20/h2-11,14,23,28-29H,12-13H2,1H3/b24-22-. The van der Waals surface area contributed by atoms with Gasteiger partial charge in [-0.3, -0.25) is 14.5 Å². The average molecular weight is 443 g/mol. The second-order valence-corrected chi connectivity index (χ2v) is 7.85. The van der Waals surface area contributed by atoms with Crippen molar-refractivity contribution in [3.8, 4) is 17.2 Å². The van der Waals surface area contributed by atoms with Crippen LogP contribution in [0.1, 0.15) is 22.7 Å². The van der Waals surface area contributed by atoms with Crippen LogP contribution in [0.2, 0.25) is 0 Å². The summed E-state index contributed by atoms with van der Waals surface area (Å²) >= 11 is 0. The lowest BCUT2D eigenvalue weighted by Crippen LogP contribution is -2.29. The van der Waals surface area contributed by atoms with E-state index in [0.29, 0.717) is 35.6 Å². The van der Waals surface area contributed by atoms with Crippen molar-refractivity contribution in [3.63, 3.8) is 0 Å². The lowest BCUT2D eigenvalue weighted by Gasteiger charge is -2.26. The molecular weight excluding hydrogens is 422 g/mol. The Morgan fingerprint density at radius 1 is 1.06 bits per heavy atom. The molecule has 1 saturated heterocycles. The molecule has 0 radical (unpaired) electrons. The molecule has 7 nitrogen and oxygen atoms in total. The second kappa shape index (κ2) is 8.02. The normalized spacial score (nSPS) is 18.8. The van der Waals surface area contributed by atoms with E-state index >= 15 is 0 Å². The minimum Gasteiger partial charge on any atom is -0.508 e. The first-order valence-electron chi connectivity index (χ1n) is 10.5. The predicted octanol–water partition coefficient (Wildman–Crippen LogP) is 3.96. The summed E-state index contributed by atoms with van der Waals surface area (Å²) in [6, 6.07) is 17.4. The fourth-order valence-electron chi connectivity index (χ4n) is 4.37. The van der Waals surface area contributed by atoms with E-state index in [0.717, 1.165) is 11.3 Å². The Balaban J connectivity index is 1.72. The van der Waals surface area contributed by atoms with Crippen molar-refractivity contribution >= 4 is 23.1 Å². The molecule has 5 rings (SSSR count). The Hall–Kier alpha value is -4.26. The number of fused-ring (bicyclic) bond motifs is 1. The molecule has 0 aliphatic carbocycles. The van der Waals surface area contributed by atoms with E-state index in [1.54, 1.807) is 54.6 Å². The van der Waals surface area contributed by atoms with E-state index in [2.05, 4.69) is 0 Å². The molecule has 2 N–H and O–H groups in total. The molecule has 0 bridgehead atoms. The Kier molecular flexibility index (Phi) is 5.01. The van der Waals surface area contributed by atoms with Gasteiger partial charge in [0.05, 0.1) is 31.0 Å². The zero-order valence-electron chi connectivity index (χ0n) is 17.8. The number of aliphatic hydroxyl groups is 1. The smallest absolute Gasteiger partial charge is 0.300 e. The van der Waals surface area contributed by atoms with Crippen LogP contribution in [0.5, 0.6) is 17.2 Å². The van der Waals surface area contributed by atoms with Gasteiger partial charge in [-0.25, -0.2) is 0 Å². The highest BCUT2D eigenvalue weighted by molar-refractivity contribution is 6.51. The number of ether oxygens (including phenoxy) is 2. The number of ketones is 1. The third-order valence-corrected chi connectivity index (χ3v) is 5.96. The molecule has 1 fully saturated rings. The van der Waals surface area contributed by atoms with Crippen molar-refractivity contribution < 1.29 is 29.3 Å². The summed E-state index contributed by atoms with van der Waals surface area (Å²) < 4.78 is 11.0. The van der Waals surface area contributed by atoms with E-state index in [-0.39, 0.29) is 17.1 Å². The molecular formula is C26H21NO6. The molecule has 7 heteroatoms. The van der Waals surface area contributed by atoms with Crippen LogP contribution in [0.3, 0.4) is 0 Å². The van der Waals surface area contributed by atoms with Crippen molar-refractivity contribution in [2.45, 2.75) is 12.5 Å². The third-order valence-electron chi connectivity index (χ3n) is 5.96. The average Bonchev–Trinajstić information content (AvgIpc) is 3.41. The zero-order chi connectivity index (χ0) is 23.1. The highest BCUT2D eigenvalue weighted by Crippen LogP contribution is 2.45. The molecule has 0 spiro atoms. The van der Waals surface area contributed by atoms with Gasteiger partial charge in [0.2, 0.25) is 0 Å². The van der Waals surface area contributed by atoms with Gasteiger partial charge in [-0.2, -0.15) is 0 Å². The second-order valence-electron chi connectivity index (χ2n) is 7.85. The number of aliphatic hydroxyl groups excluding tert-OH is 1. The van der Waals surface area contributed by atoms with Crippen LogP contribution < -0.4 is 14.4 Å². The van der Waals surface area contributed by atoms with Crippen LogP contribution in [-0.2, 0) is 16.0 Å². The van der Waals surface area contributed by atoms with Crippen LogP contribution in [0.25, 0.3) is 5.76 Å². The maximum absolute atomic E-state index is 13.3. The van der Waals surface area contributed by atoms with Gasteiger partial charge in [0.25, 0.3) is 11.7 Å². The number of benzene rings is 3. The van der Waals surface area contributed by atoms with Gasteiger partial charge in [0.15, 0.2) is 0 Å². The lowest BCUT2D eigenvalue weighted by molar-refractivity contribution is -0.132. The number of para-hydroxylation sites is 2. The number of phenols is 1. The topological polar surface area (TPSA) is 96.3 Å². The van der Waals surface area contributed by atoms with Gasteiger partial charge in [0, 0.05) is 12.0 Å². The summed E-state index contributed by atoms with van der Waals surface area (Å²) in [7, 11) is 1.48. The zero-order valence-corrected chi connectivity index (χ0v) is 17.8. The molecule has 2 aliphatic rings. The van der Waals surface area contributed by atoms with Crippen LogP contribution in [0.4, 0.5) is 5.69 Å². The van der Waals surface area contributed by atoms with Crippen LogP contribution >= 0.6 is 0 Å². The molecule has 166 valence electrons. The number of carbonyl (C=O) groups is 2. The van der Waals surface area contributed by atoms with Crippen molar-refractivity contribution in [3.05, 3.63) is 89.0 Å². The predicted molar refractivity (Wildman–Crippen MR) is 122 cm³/mol. The number of Topliss-reactive ketones (excluding diaryl/α,β-unsaturated/α-hetero) is 1. The molecule has 3 aromatic rings. The minimum absolute atomic E-state index is 0.0320. The van der Waals surface area contributed by atoms with Gasteiger partial charge in [-0.05, 0) is 53.6 Å². The maximum atomic E-state index is 13.3. The maximum Gasteiger partial charge on any atom is 0.300 e. The highest BCUT2D eigenvalue weighted by atomic mass is 16.5. The first-order valence-corrected chi connectivity index (χ1v) is 10.5. The number of rotatable bonds is 4. The van der Waals surface area contributed by atoms with E-state index in [9.17, 15) is 19.8 Å². The number of anilines is 1. The number of methoxy groups -OCH3 is 1. The van der Waals surface area contributed by atoms with Crippen LogP contribution in [0.15, 0.2) is 72.3 Å². The summed E-state index contributed by atoms with van der Waals surface area (Å²) in [5, 5.41) is 21.0. The molecule has 0 saturated carbocycles. The van der Waals surface area contributed by atoms with Gasteiger partial charge in [-0.1, -0.05) is 24.3 Å². The van der Waals surface area contributed by atoms with Gasteiger partial charge in [-0.15, -0.1) is 0 Å². The summed E-state index contributed by atoms with van der Waals surface area (Å²) in [5.41, 5.74) is 2.29. The van der Waals surface area contributed by atoms with Crippen molar-refractivity contribution in [2.75, 3.05) is 18.6 Å².